The molecule has 0 aromatic heterocycles. The van der Waals surface area contributed by atoms with Crippen molar-refractivity contribution in [3.63, 3.8) is 0 Å². The number of hydrogen-bond donors (Lipinski definition) is 1. The molecule has 1 aliphatic carbocycles. The molecule has 104 valence electrons. The Balaban J connectivity index is 0. The van der Waals surface area contributed by atoms with Crippen LogP contribution in [0.1, 0.15) is 74.1 Å². The van der Waals surface area contributed by atoms with Gasteiger partial charge >= 0.3 is 6.09 Å². The summed E-state index contributed by atoms with van der Waals surface area (Å²) >= 11 is 0. The fraction of sp³-hybridized carbons (Fsp3) is 0.929. The van der Waals surface area contributed by atoms with Crippen molar-refractivity contribution in [2.75, 3.05) is 0 Å². The SMILES string of the molecule is CC.CC.CC(C)(C)OC(=O)NC1CCCC1. The average Bonchev–Trinajstić information content (AvgIpc) is 2.73. The van der Waals surface area contributed by atoms with Crippen LogP contribution in [0.2, 0.25) is 0 Å². The minimum absolute atomic E-state index is 0.278. The average molecular weight is 245 g/mol. The second-order valence-electron chi connectivity index (χ2n) is 4.63. The van der Waals surface area contributed by atoms with Gasteiger partial charge in [-0.05, 0) is 33.6 Å². The molecular weight excluding hydrogens is 214 g/mol. The molecule has 1 rings (SSSR count). The van der Waals surface area contributed by atoms with Crippen LogP contribution >= 0.6 is 0 Å². The summed E-state index contributed by atoms with van der Waals surface area (Å²) in [6, 6.07) is 0.342. The molecule has 0 radical (unpaired) electrons. The van der Waals surface area contributed by atoms with Crippen molar-refractivity contribution in [2.24, 2.45) is 0 Å². The quantitative estimate of drug-likeness (QED) is 0.738. The molecule has 0 aliphatic heterocycles. The Kier molecular flexibility index (Phi) is 11.4. The number of alkyl carbamates (subject to hydrolysis) is 1. The van der Waals surface area contributed by atoms with Crippen LogP contribution in [-0.4, -0.2) is 17.7 Å². The van der Waals surface area contributed by atoms with Gasteiger partial charge in [0.15, 0.2) is 0 Å². The largest absolute Gasteiger partial charge is 0.444 e. The third-order valence-corrected chi connectivity index (χ3v) is 2.08. The van der Waals surface area contributed by atoms with Crippen molar-refractivity contribution in [1.82, 2.24) is 5.32 Å². The van der Waals surface area contributed by atoms with Gasteiger partial charge in [0.05, 0.1) is 0 Å². The normalized spacial score (nSPS) is 15.0. The molecule has 0 saturated heterocycles. The van der Waals surface area contributed by atoms with Crippen LogP contribution in [0.15, 0.2) is 0 Å². The van der Waals surface area contributed by atoms with Crippen molar-refractivity contribution >= 4 is 6.09 Å². The topological polar surface area (TPSA) is 38.3 Å². The van der Waals surface area contributed by atoms with Gasteiger partial charge in [-0.25, -0.2) is 4.79 Å². The van der Waals surface area contributed by atoms with Crippen LogP contribution in [0.25, 0.3) is 0 Å². The molecular formula is C14H31NO2. The predicted octanol–water partition coefficient (Wildman–Crippen LogP) is 4.51. The van der Waals surface area contributed by atoms with Gasteiger partial charge in [-0.15, -0.1) is 0 Å². The van der Waals surface area contributed by atoms with Gasteiger partial charge in [-0.3, -0.25) is 0 Å². The van der Waals surface area contributed by atoms with E-state index < -0.39 is 0 Å². The number of amides is 1. The highest BCUT2D eigenvalue weighted by atomic mass is 16.6. The van der Waals surface area contributed by atoms with Crippen LogP contribution in [-0.2, 0) is 4.74 Å². The standard InChI is InChI=1S/C10H19NO2.2C2H6/c1-10(2,3)13-9(12)11-8-6-4-5-7-8;2*1-2/h8H,4-7H2,1-3H3,(H,11,12);2*1-2H3. The zero-order chi connectivity index (χ0) is 13.9. The van der Waals surface area contributed by atoms with Gasteiger partial charge in [-0.1, -0.05) is 40.5 Å². The molecule has 1 aliphatic rings. The summed E-state index contributed by atoms with van der Waals surface area (Å²) in [4.78, 5) is 11.3. The number of ether oxygens (including phenoxy) is 1. The van der Waals surface area contributed by atoms with E-state index in [2.05, 4.69) is 5.32 Å². The molecule has 1 N–H and O–H groups in total. The van der Waals surface area contributed by atoms with Crippen LogP contribution in [0.3, 0.4) is 0 Å². The third-order valence-electron chi connectivity index (χ3n) is 2.08. The summed E-state index contributed by atoms with van der Waals surface area (Å²) in [5.41, 5.74) is -0.386. The Labute approximate surface area is 107 Å². The van der Waals surface area contributed by atoms with Gasteiger partial charge in [0.25, 0.3) is 0 Å². The number of carbonyl (C=O) groups is 1. The van der Waals surface area contributed by atoms with E-state index in [1.165, 1.54) is 12.8 Å². The Morgan fingerprint density at radius 2 is 1.47 bits per heavy atom. The van der Waals surface area contributed by atoms with Gasteiger partial charge < -0.3 is 10.1 Å². The van der Waals surface area contributed by atoms with Crippen LogP contribution < -0.4 is 5.32 Å². The van der Waals surface area contributed by atoms with Crippen molar-refractivity contribution in [2.45, 2.75) is 85.8 Å². The van der Waals surface area contributed by atoms with E-state index in [0.29, 0.717) is 6.04 Å². The first-order chi connectivity index (χ1) is 7.97. The van der Waals surface area contributed by atoms with Gasteiger partial charge in [0, 0.05) is 6.04 Å². The second kappa shape index (κ2) is 10.4. The van der Waals surface area contributed by atoms with E-state index in [-0.39, 0.29) is 11.7 Å². The summed E-state index contributed by atoms with van der Waals surface area (Å²) in [7, 11) is 0. The molecule has 0 atom stereocenters. The number of carbonyl (C=O) groups excluding carboxylic acids is 1. The van der Waals surface area contributed by atoms with E-state index in [1.54, 1.807) is 0 Å². The molecule has 1 saturated carbocycles. The van der Waals surface area contributed by atoms with Crippen molar-refractivity contribution < 1.29 is 9.53 Å². The molecule has 3 nitrogen and oxygen atoms in total. The maximum absolute atomic E-state index is 11.3. The number of nitrogens with one attached hydrogen (secondary N) is 1. The van der Waals surface area contributed by atoms with Crippen molar-refractivity contribution in [3.8, 4) is 0 Å². The highest BCUT2D eigenvalue weighted by molar-refractivity contribution is 5.68. The Bertz CT molecular complexity index is 179. The van der Waals surface area contributed by atoms with E-state index >= 15 is 0 Å². The molecule has 1 fully saturated rings. The Hall–Kier alpha value is -0.730. The summed E-state index contributed by atoms with van der Waals surface area (Å²) in [5.74, 6) is 0. The van der Waals surface area contributed by atoms with E-state index in [4.69, 9.17) is 4.74 Å². The van der Waals surface area contributed by atoms with Gasteiger partial charge in [0.2, 0.25) is 0 Å². The minimum atomic E-state index is -0.386. The summed E-state index contributed by atoms with van der Waals surface area (Å²) in [6.45, 7) is 13.6. The maximum Gasteiger partial charge on any atom is 0.407 e. The minimum Gasteiger partial charge on any atom is -0.444 e. The Morgan fingerprint density at radius 3 is 1.82 bits per heavy atom. The fourth-order valence-electron chi connectivity index (χ4n) is 1.54. The smallest absolute Gasteiger partial charge is 0.407 e. The van der Waals surface area contributed by atoms with E-state index in [0.717, 1.165) is 12.8 Å². The first-order valence-electron chi connectivity index (χ1n) is 6.97. The molecule has 1 amide bonds. The monoisotopic (exact) mass is 245 g/mol. The summed E-state index contributed by atoms with van der Waals surface area (Å²) in [6.07, 6.45) is 4.36. The third kappa shape index (κ3) is 11.5. The van der Waals surface area contributed by atoms with Crippen LogP contribution in [0.4, 0.5) is 4.79 Å². The molecule has 0 aromatic rings. The Morgan fingerprint density at radius 1 is 1.06 bits per heavy atom. The predicted molar refractivity (Wildman–Crippen MR) is 74.3 cm³/mol. The van der Waals surface area contributed by atoms with Crippen LogP contribution in [0.5, 0.6) is 0 Å². The number of rotatable bonds is 1. The summed E-state index contributed by atoms with van der Waals surface area (Å²) in [5, 5.41) is 2.87. The van der Waals surface area contributed by atoms with Crippen molar-refractivity contribution in [1.29, 1.82) is 0 Å². The zero-order valence-corrected chi connectivity index (χ0v) is 12.7. The zero-order valence-electron chi connectivity index (χ0n) is 12.7. The summed E-state index contributed by atoms with van der Waals surface area (Å²) < 4.78 is 5.15. The molecule has 3 heteroatoms. The lowest BCUT2D eigenvalue weighted by Crippen LogP contribution is -2.37. The van der Waals surface area contributed by atoms with E-state index in [1.807, 2.05) is 48.5 Å². The van der Waals surface area contributed by atoms with Gasteiger partial charge in [0.1, 0.15) is 5.60 Å². The molecule has 0 aromatic carbocycles. The van der Waals surface area contributed by atoms with Gasteiger partial charge in [-0.2, -0.15) is 0 Å². The maximum atomic E-state index is 11.3. The highest BCUT2D eigenvalue weighted by Gasteiger charge is 2.21. The molecule has 0 spiro atoms. The molecule has 0 unspecified atom stereocenters. The lowest BCUT2D eigenvalue weighted by Gasteiger charge is -2.21. The van der Waals surface area contributed by atoms with Crippen molar-refractivity contribution in [3.05, 3.63) is 0 Å². The molecule has 0 heterocycles. The molecule has 17 heavy (non-hydrogen) atoms. The lowest BCUT2D eigenvalue weighted by atomic mass is 10.2. The number of hydrogen-bond acceptors (Lipinski definition) is 2. The van der Waals surface area contributed by atoms with E-state index in [9.17, 15) is 4.79 Å². The highest BCUT2D eigenvalue weighted by Crippen LogP contribution is 2.18. The fourth-order valence-corrected chi connectivity index (χ4v) is 1.54. The van der Waals surface area contributed by atoms with Crippen LogP contribution in [0, 0.1) is 0 Å². The first-order valence-corrected chi connectivity index (χ1v) is 6.97. The first kappa shape index (κ1) is 18.6. The lowest BCUT2D eigenvalue weighted by molar-refractivity contribution is 0.0505. The molecule has 0 bridgehead atoms. The second-order valence-corrected chi connectivity index (χ2v) is 4.63.